The summed E-state index contributed by atoms with van der Waals surface area (Å²) in [6, 6.07) is 8.00. The number of rotatable bonds is 4. The van der Waals surface area contributed by atoms with Crippen molar-refractivity contribution in [3.63, 3.8) is 0 Å². The van der Waals surface area contributed by atoms with Crippen LogP contribution in [0.1, 0.15) is 32.3 Å². The zero-order chi connectivity index (χ0) is 13.4. The highest BCUT2D eigenvalue weighted by Gasteiger charge is 2.51. The highest BCUT2D eigenvalue weighted by atomic mass is 79.9. The van der Waals surface area contributed by atoms with Crippen LogP contribution in [0.5, 0.6) is 0 Å². The molecule has 1 aliphatic carbocycles. The number of nitrogens with two attached hydrogens (primary N) is 1. The van der Waals surface area contributed by atoms with Gasteiger partial charge in [0.05, 0.1) is 5.41 Å². The van der Waals surface area contributed by atoms with Crippen LogP contribution in [0.25, 0.3) is 0 Å². The summed E-state index contributed by atoms with van der Waals surface area (Å²) in [4.78, 5) is 12.3. The molecule has 2 rings (SSSR count). The third-order valence-electron chi connectivity index (χ3n) is 3.29. The van der Waals surface area contributed by atoms with Gasteiger partial charge >= 0.3 is 0 Å². The first-order valence-electron chi connectivity index (χ1n) is 6.17. The zero-order valence-corrected chi connectivity index (χ0v) is 12.4. The summed E-state index contributed by atoms with van der Waals surface area (Å²) in [6.45, 7) is 4.32. The van der Waals surface area contributed by atoms with Gasteiger partial charge in [0.2, 0.25) is 5.91 Å². The molecule has 0 radical (unpaired) electrons. The molecule has 18 heavy (non-hydrogen) atoms. The lowest BCUT2D eigenvalue weighted by Crippen LogP contribution is -2.47. The first kappa shape index (κ1) is 13.6. The van der Waals surface area contributed by atoms with Crippen LogP contribution in [0, 0.1) is 0 Å². The maximum absolute atomic E-state index is 12.3. The van der Waals surface area contributed by atoms with Crippen molar-refractivity contribution in [1.82, 2.24) is 5.32 Å². The summed E-state index contributed by atoms with van der Waals surface area (Å²) >= 11 is 3.41. The molecule has 0 unspecified atom stereocenters. The average Bonchev–Trinajstić information content (AvgIpc) is 3.07. The van der Waals surface area contributed by atoms with Crippen molar-refractivity contribution in [2.24, 2.45) is 5.73 Å². The molecule has 1 aromatic carbocycles. The Balaban J connectivity index is 2.07. The fraction of sp³-hybridized carbons (Fsp3) is 0.500. The van der Waals surface area contributed by atoms with Crippen molar-refractivity contribution >= 4 is 21.8 Å². The summed E-state index contributed by atoms with van der Waals surface area (Å²) in [5.41, 5.74) is 6.30. The van der Waals surface area contributed by atoms with E-state index in [0.29, 0.717) is 6.54 Å². The van der Waals surface area contributed by atoms with E-state index in [1.807, 2.05) is 38.1 Å². The molecular weight excluding hydrogens is 292 g/mol. The first-order chi connectivity index (χ1) is 8.33. The van der Waals surface area contributed by atoms with Crippen molar-refractivity contribution in [3.8, 4) is 0 Å². The average molecular weight is 311 g/mol. The molecule has 1 fully saturated rings. The lowest BCUT2D eigenvalue weighted by molar-refractivity contribution is -0.123. The summed E-state index contributed by atoms with van der Waals surface area (Å²) in [5.74, 6) is 0.100. The number of nitrogens with one attached hydrogen (secondary N) is 1. The van der Waals surface area contributed by atoms with E-state index in [-0.39, 0.29) is 16.9 Å². The summed E-state index contributed by atoms with van der Waals surface area (Å²) < 4.78 is 1.03. The molecule has 1 aliphatic rings. The summed E-state index contributed by atoms with van der Waals surface area (Å²) in [7, 11) is 0. The summed E-state index contributed by atoms with van der Waals surface area (Å²) in [6.07, 6.45) is 1.84. The van der Waals surface area contributed by atoms with Gasteiger partial charge in [0.1, 0.15) is 0 Å². The topological polar surface area (TPSA) is 55.1 Å². The molecule has 0 aromatic heterocycles. The van der Waals surface area contributed by atoms with E-state index in [1.165, 1.54) is 0 Å². The largest absolute Gasteiger partial charge is 0.354 e. The molecule has 98 valence electrons. The standard InChI is InChI=1S/C14H19BrN2O/c1-13(2,16)9-17-12(18)14(7-8-14)10-3-5-11(15)6-4-10/h3-6H,7-9,16H2,1-2H3,(H,17,18). The highest BCUT2D eigenvalue weighted by Crippen LogP contribution is 2.48. The van der Waals surface area contributed by atoms with Crippen molar-refractivity contribution in [3.05, 3.63) is 34.3 Å². The van der Waals surface area contributed by atoms with Crippen LogP contribution >= 0.6 is 15.9 Å². The fourth-order valence-electron chi connectivity index (χ4n) is 2.02. The van der Waals surface area contributed by atoms with Crippen molar-refractivity contribution < 1.29 is 4.79 Å². The SMILES string of the molecule is CC(C)(N)CNC(=O)C1(c2ccc(Br)cc2)CC1. The van der Waals surface area contributed by atoms with Crippen LogP contribution in [-0.2, 0) is 10.2 Å². The number of benzene rings is 1. The molecule has 3 nitrogen and oxygen atoms in total. The van der Waals surface area contributed by atoms with Crippen LogP contribution in [-0.4, -0.2) is 18.0 Å². The molecule has 0 spiro atoms. The van der Waals surface area contributed by atoms with Crippen LogP contribution in [0.15, 0.2) is 28.7 Å². The molecule has 1 saturated carbocycles. The van der Waals surface area contributed by atoms with Gasteiger partial charge in [-0.3, -0.25) is 4.79 Å². The number of amides is 1. The summed E-state index contributed by atoms with van der Waals surface area (Å²) in [5, 5.41) is 2.96. The van der Waals surface area contributed by atoms with Gasteiger partial charge in [-0.2, -0.15) is 0 Å². The van der Waals surface area contributed by atoms with E-state index in [2.05, 4.69) is 21.2 Å². The monoisotopic (exact) mass is 310 g/mol. The van der Waals surface area contributed by atoms with Gasteiger partial charge in [-0.15, -0.1) is 0 Å². The molecule has 0 aliphatic heterocycles. The highest BCUT2D eigenvalue weighted by molar-refractivity contribution is 9.10. The number of carbonyl (C=O) groups is 1. The first-order valence-corrected chi connectivity index (χ1v) is 6.96. The Morgan fingerprint density at radius 2 is 1.94 bits per heavy atom. The minimum Gasteiger partial charge on any atom is -0.354 e. The van der Waals surface area contributed by atoms with Gasteiger partial charge in [0, 0.05) is 16.6 Å². The molecule has 3 N–H and O–H groups in total. The van der Waals surface area contributed by atoms with Crippen LogP contribution < -0.4 is 11.1 Å². The van der Waals surface area contributed by atoms with Crippen molar-refractivity contribution in [1.29, 1.82) is 0 Å². The van der Waals surface area contributed by atoms with E-state index < -0.39 is 0 Å². The molecular formula is C14H19BrN2O. The molecule has 4 heteroatoms. The van der Waals surface area contributed by atoms with E-state index in [0.717, 1.165) is 22.9 Å². The second-order valence-electron chi connectivity index (χ2n) is 5.76. The van der Waals surface area contributed by atoms with Crippen LogP contribution in [0.2, 0.25) is 0 Å². The molecule has 1 aromatic rings. The minimum atomic E-state index is -0.370. The van der Waals surface area contributed by atoms with Crippen LogP contribution in [0.3, 0.4) is 0 Å². The molecule has 0 heterocycles. The van der Waals surface area contributed by atoms with Gasteiger partial charge < -0.3 is 11.1 Å². The normalized spacial score (nSPS) is 17.3. The maximum atomic E-state index is 12.3. The van der Waals surface area contributed by atoms with E-state index in [9.17, 15) is 4.79 Å². The molecule has 0 saturated heterocycles. The Morgan fingerprint density at radius 3 is 2.39 bits per heavy atom. The fourth-order valence-corrected chi connectivity index (χ4v) is 2.28. The lowest BCUT2D eigenvalue weighted by Gasteiger charge is -2.22. The Bertz CT molecular complexity index is 444. The predicted octanol–water partition coefficient (Wildman–Crippen LogP) is 2.33. The second kappa shape index (κ2) is 4.67. The van der Waals surface area contributed by atoms with E-state index >= 15 is 0 Å². The zero-order valence-electron chi connectivity index (χ0n) is 10.8. The van der Waals surface area contributed by atoms with Crippen molar-refractivity contribution in [2.45, 2.75) is 37.6 Å². The minimum absolute atomic E-state index is 0.100. The molecule has 0 atom stereocenters. The molecule has 1 amide bonds. The third-order valence-corrected chi connectivity index (χ3v) is 3.81. The van der Waals surface area contributed by atoms with Gasteiger partial charge in [-0.1, -0.05) is 28.1 Å². The van der Waals surface area contributed by atoms with E-state index in [1.54, 1.807) is 0 Å². The van der Waals surface area contributed by atoms with Gasteiger partial charge in [-0.25, -0.2) is 0 Å². The lowest BCUT2D eigenvalue weighted by atomic mass is 9.94. The maximum Gasteiger partial charge on any atom is 0.230 e. The number of hydrogen-bond donors (Lipinski definition) is 2. The van der Waals surface area contributed by atoms with E-state index in [4.69, 9.17) is 5.73 Å². The Kier molecular flexibility index (Phi) is 3.52. The predicted molar refractivity (Wildman–Crippen MR) is 76.3 cm³/mol. The van der Waals surface area contributed by atoms with Gasteiger partial charge in [0.25, 0.3) is 0 Å². The number of halogens is 1. The Labute approximate surface area is 116 Å². The smallest absolute Gasteiger partial charge is 0.230 e. The Hall–Kier alpha value is -0.870. The molecule has 0 bridgehead atoms. The van der Waals surface area contributed by atoms with Crippen molar-refractivity contribution in [2.75, 3.05) is 6.54 Å². The van der Waals surface area contributed by atoms with Gasteiger partial charge in [0.15, 0.2) is 0 Å². The number of hydrogen-bond acceptors (Lipinski definition) is 2. The van der Waals surface area contributed by atoms with Crippen LogP contribution in [0.4, 0.5) is 0 Å². The Morgan fingerprint density at radius 1 is 1.39 bits per heavy atom. The second-order valence-corrected chi connectivity index (χ2v) is 6.68. The number of carbonyl (C=O) groups excluding carboxylic acids is 1. The van der Waals surface area contributed by atoms with Gasteiger partial charge in [-0.05, 0) is 44.4 Å². The quantitative estimate of drug-likeness (QED) is 0.897. The third kappa shape index (κ3) is 2.93.